The lowest BCUT2D eigenvalue weighted by atomic mass is 9.93. The third-order valence-electron chi connectivity index (χ3n) is 4.59. The first-order valence-corrected chi connectivity index (χ1v) is 7.71. The fraction of sp³-hybridized carbons (Fsp3) is 0.200. The molecular weight excluding hydrogens is 286 g/mol. The van der Waals surface area contributed by atoms with E-state index in [1.165, 1.54) is 27.6 Å². The van der Waals surface area contributed by atoms with Gasteiger partial charge in [0.05, 0.1) is 14.2 Å². The van der Waals surface area contributed by atoms with Gasteiger partial charge in [-0.15, -0.1) is 0 Å². The molecule has 0 saturated carbocycles. The van der Waals surface area contributed by atoms with Crippen LogP contribution in [0.4, 0.5) is 5.69 Å². The molecule has 0 atom stereocenters. The minimum absolute atomic E-state index is 0.770. The normalized spacial score (nSPS) is 12.7. The molecule has 0 aliphatic carbocycles. The zero-order valence-electron chi connectivity index (χ0n) is 13.6. The first-order chi connectivity index (χ1) is 11.2. The van der Waals surface area contributed by atoms with Crippen LogP contribution >= 0.6 is 0 Å². The Bertz CT molecular complexity index is 902. The summed E-state index contributed by atoms with van der Waals surface area (Å²) in [5.74, 6) is 1.57. The quantitative estimate of drug-likeness (QED) is 0.697. The highest BCUT2D eigenvalue weighted by Crippen LogP contribution is 2.49. The van der Waals surface area contributed by atoms with Crippen LogP contribution in [0.1, 0.15) is 5.56 Å². The van der Waals surface area contributed by atoms with E-state index in [-0.39, 0.29) is 0 Å². The molecule has 3 aromatic carbocycles. The van der Waals surface area contributed by atoms with Gasteiger partial charge in [0.2, 0.25) is 0 Å². The summed E-state index contributed by atoms with van der Waals surface area (Å²) < 4.78 is 11.4. The van der Waals surface area contributed by atoms with E-state index in [9.17, 15) is 0 Å². The minimum Gasteiger partial charge on any atom is -0.493 e. The van der Waals surface area contributed by atoms with Crippen molar-refractivity contribution in [2.45, 2.75) is 6.54 Å². The van der Waals surface area contributed by atoms with Gasteiger partial charge in [-0.2, -0.15) is 0 Å². The van der Waals surface area contributed by atoms with Gasteiger partial charge in [-0.25, -0.2) is 0 Å². The molecule has 0 fully saturated rings. The van der Waals surface area contributed by atoms with Gasteiger partial charge in [0.25, 0.3) is 0 Å². The summed E-state index contributed by atoms with van der Waals surface area (Å²) in [4.78, 5) is 2.30. The van der Waals surface area contributed by atoms with Crippen molar-refractivity contribution in [2.75, 3.05) is 26.2 Å². The summed E-state index contributed by atoms with van der Waals surface area (Å²) in [6.45, 7) is 0.870. The summed E-state index contributed by atoms with van der Waals surface area (Å²) in [6, 6.07) is 17.0. The molecule has 0 radical (unpaired) electrons. The molecule has 1 aliphatic rings. The zero-order chi connectivity index (χ0) is 16.0. The maximum atomic E-state index is 5.76. The van der Waals surface area contributed by atoms with Crippen molar-refractivity contribution in [3.05, 3.63) is 54.1 Å². The summed E-state index contributed by atoms with van der Waals surface area (Å²) >= 11 is 0. The molecule has 0 aromatic heterocycles. The standard InChI is InChI=1S/C20H19NO2/c1-21-12-14-7-4-5-9-15(14)19-18-13(8-6-10-16(18)21)11-17(22-2)20(19)23-3/h4-11H,12H2,1-3H3. The van der Waals surface area contributed by atoms with Gasteiger partial charge in [-0.05, 0) is 28.6 Å². The van der Waals surface area contributed by atoms with Crippen molar-refractivity contribution in [1.29, 1.82) is 0 Å². The van der Waals surface area contributed by atoms with Gasteiger partial charge in [0.15, 0.2) is 11.5 Å². The maximum absolute atomic E-state index is 5.76. The van der Waals surface area contributed by atoms with Crippen LogP contribution < -0.4 is 14.4 Å². The lowest BCUT2D eigenvalue weighted by molar-refractivity contribution is 0.357. The Hall–Kier alpha value is -2.68. The van der Waals surface area contributed by atoms with Crippen LogP contribution in [0.25, 0.3) is 21.9 Å². The van der Waals surface area contributed by atoms with Crippen molar-refractivity contribution in [1.82, 2.24) is 0 Å². The number of methoxy groups -OCH3 is 2. The predicted molar refractivity (Wildman–Crippen MR) is 94.6 cm³/mol. The Morgan fingerprint density at radius 2 is 1.78 bits per heavy atom. The number of hydrogen-bond acceptors (Lipinski definition) is 3. The average molecular weight is 305 g/mol. The van der Waals surface area contributed by atoms with Crippen molar-refractivity contribution < 1.29 is 9.47 Å². The van der Waals surface area contributed by atoms with Crippen molar-refractivity contribution in [3.8, 4) is 22.6 Å². The van der Waals surface area contributed by atoms with Crippen LogP contribution in [0.5, 0.6) is 11.5 Å². The molecule has 0 N–H and O–H groups in total. The van der Waals surface area contributed by atoms with Crippen LogP contribution in [0.2, 0.25) is 0 Å². The lowest BCUT2D eigenvalue weighted by Crippen LogP contribution is -2.15. The van der Waals surface area contributed by atoms with E-state index < -0.39 is 0 Å². The molecule has 1 heterocycles. The van der Waals surface area contributed by atoms with Gasteiger partial charge in [-0.3, -0.25) is 0 Å². The topological polar surface area (TPSA) is 21.7 Å². The molecule has 3 heteroatoms. The van der Waals surface area contributed by atoms with E-state index in [1.807, 2.05) is 0 Å². The Kier molecular flexibility index (Phi) is 3.15. The number of hydrogen-bond donors (Lipinski definition) is 0. The Labute approximate surface area is 136 Å². The molecular formula is C20H19NO2. The van der Waals surface area contributed by atoms with Crippen molar-refractivity contribution in [3.63, 3.8) is 0 Å². The van der Waals surface area contributed by atoms with Crippen LogP contribution in [0.15, 0.2) is 48.5 Å². The summed E-state index contributed by atoms with van der Waals surface area (Å²) in [5.41, 5.74) is 4.84. The molecule has 0 bridgehead atoms. The maximum Gasteiger partial charge on any atom is 0.169 e. The molecule has 0 amide bonds. The van der Waals surface area contributed by atoms with Crippen LogP contribution in [-0.4, -0.2) is 21.3 Å². The summed E-state index contributed by atoms with van der Waals surface area (Å²) in [7, 11) is 5.53. The van der Waals surface area contributed by atoms with Gasteiger partial charge in [0, 0.05) is 30.2 Å². The summed E-state index contributed by atoms with van der Waals surface area (Å²) in [5, 5.41) is 2.39. The first-order valence-electron chi connectivity index (χ1n) is 7.71. The molecule has 1 aliphatic heterocycles. The van der Waals surface area contributed by atoms with Gasteiger partial charge in [0.1, 0.15) is 0 Å². The van der Waals surface area contributed by atoms with E-state index in [0.29, 0.717) is 0 Å². The molecule has 3 aromatic rings. The second-order valence-electron chi connectivity index (χ2n) is 5.88. The van der Waals surface area contributed by atoms with Crippen molar-refractivity contribution in [2.24, 2.45) is 0 Å². The fourth-order valence-corrected chi connectivity index (χ4v) is 3.57. The van der Waals surface area contributed by atoms with Gasteiger partial charge >= 0.3 is 0 Å². The molecule has 3 nitrogen and oxygen atoms in total. The van der Waals surface area contributed by atoms with Gasteiger partial charge in [-0.1, -0.05) is 36.4 Å². The highest BCUT2D eigenvalue weighted by Gasteiger charge is 2.24. The van der Waals surface area contributed by atoms with E-state index in [2.05, 4.69) is 60.5 Å². The summed E-state index contributed by atoms with van der Waals surface area (Å²) in [6.07, 6.45) is 0. The molecule has 0 spiro atoms. The number of anilines is 1. The third-order valence-corrected chi connectivity index (χ3v) is 4.59. The number of ether oxygens (including phenoxy) is 2. The lowest BCUT2D eigenvalue weighted by Gasteiger charge is -2.20. The first kappa shape index (κ1) is 13.9. The zero-order valence-corrected chi connectivity index (χ0v) is 13.6. The second-order valence-corrected chi connectivity index (χ2v) is 5.88. The monoisotopic (exact) mass is 305 g/mol. The number of nitrogens with zero attached hydrogens (tertiary/aromatic N) is 1. The minimum atomic E-state index is 0.770. The van der Waals surface area contributed by atoms with E-state index in [0.717, 1.165) is 23.6 Å². The molecule has 4 rings (SSSR count). The van der Waals surface area contributed by atoms with Crippen LogP contribution in [0, 0.1) is 0 Å². The Morgan fingerprint density at radius 3 is 2.57 bits per heavy atom. The number of benzene rings is 3. The molecule has 23 heavy (non-hydrogen) atoms. The molecule has 116 valence electrons. The third kappa shape index (κ3) is 1.96. The highest BCUT2D eigenvalue weighted by atomic mass is 16.5. The molecule has 0 saturated heterocycles. The number of fused-ring (bicyclic) bond motifs is 2. The SMILES string of the molecule is COc1cc2cccc3c2c(c1OC)-c1ccccc1CN3C. The van der Waals surface area contributed by atoms with Crippen LogP contribution in [0.3, 0.4) is 0 Å². The average Bonchev–Trinajstić information content (AvgIpc) is 2.71. The van der Waals surface area contributed by atoms with Crippen LogP contribution in [-0.2, 0) is 6.54 Å². The smallest absolute Gasteiger partial charge is 0.169 e. The molecule has 0 unspecified atom stereocenters. The highest BCUT2D eigenvalue weighted by molar-refractivity contribution is 6.10. The van der Waals surface area contributed by atoms with E-state index >= 15 is 0 Å². The largest absolute Gasteiger partial charge is 0.493 e. The predicted octanol–water partition coefficient (Wildman–Crippen LogP) is 4.47. The Morgan fingerprint density at radius 1 is 0.957 bits per heavy atom. The second kappa shape index (κ2) is 5.20. The van der Waals surface area contributed by atoms with E-state index in [4.69, 9.17) is 9.47 Å². The van der Waals surface area contributed by atoms with E-state index in [1.54, 1.807) is 14.2 Å². The van der Waals surface area contributed by atoms with Crippen molar-refractivity contribution >= 4 is 16.5 Å². The van der Waals surface area contributed by atoms with Gasteiger partial charge < -0.3 is 14.4 Å². The number of rotatable bonds is 2. The fourth-order valence-electron chi connectivity index (χ4n) is 3.57. The Balaban J connectivity index is 2.24.